The Morgan fingerprint density at radius 1 is 1.44 bits per heavy atom. The lowest BCUT2D eigenvalue weighted by Gasteiger charge is -2.10. The smallest absolute Gasteiger partial charge is 0.271 e. The van der Waals surface area contributed by atoms with E-state index in [1.807, 2.05) is 6.92 Å². The van der Waals surface area contributed by atoms with Crippen molar-refractivity contribution in [3.63, 3.8) is 0 Å². The average Bonchev–Trinajstić information content (AvgIpc) is 2.37. The molecule has 0 aromatic carbocycles. The number of aromatic nitrogens is 2. The summed E-state index contributed by atoms with van der Waals surface area (Å²) in [5, 5.41) is 13.7. The molecule has 1 aromatic rings. The Bertz CT molecular complexity index is 369. The average molecular weight is 268 g/mol. The second kappa shape index (κ2) is 7.92. The Hall–Kier alpha value is -1.30. The zero-order valence-electron chi connectivity index (χ0n) is 11.1. The first-order valence-electron chi connectivity index (χ1n) is 6.02. The van der Waals surface area contributed by atoms with Crippen molar-refractivity contribution >= 4 is 23.5 Å². The van der Waals surface area contributed by atoms with Gasteiger partial charge in [0.2, 0.25) is 0 Å². The Labute approximate surface area is 112 Å². The van der Waals surface area contributed by atoms with Crippen LogP contribution in [0.4, 0.5) is 5.82 Å². The highest BCUT2D eigenvalue weighted by Gasteiger charge is 2.09. The van der Waals surface area contributed by atoms with Gasteiger partial charge in [0.25, 0.3) is 5.91 Å². The van der Waals surface area contributed by atoms with Crippen LogP contribution in [0.2, 0.25) is 0 Å². The van der Waals surface area contributed by atoms with Crippen LogP contribution in [0.15, 0.2) is 12.1 Å². The van der Waals surface area contributed by atoms with Crippen LogP contribution < -0.4 is 10.6 Å². The highest BCUT2D eigenvalue weighted by molar-refractivity contribution is 7.98. The molecule has 1 unspecified atom stereocenters. The van der Waals surface area contributed by atoms with E-state index < -0.39 is 0 Å². The van der Waals surface area contributed by atoms with Gasteiger partial charge in [-0.2, -0.15) is 11.8 Å². The Morgan fingerprint density at radius 2 is 2.22 bits per heavy atom. The van der Waals surface area contributed by atoms with Gasteiger partial charge in [0.1, 0.15) is 5.82 Å². The number of anilines is 1. The monoisotopic (exact) mass is 268 g/mol. The molecule has 0 aliphatic rings. The van der Waals surface area contributed by atoms with Crippen LogP contribution in [0, 0.1) is 5.92 Å². The zero-order valence-corrected chi connectivity index (χ0v) is 11.9. The minimum atomic E-state index is -0.168. The van der Waals surface area contributed by atoms with E-state index in [-0.39, 0.29) is 5.91 Å². The van der Waals surface area contributed by atoms with E-state index in [0.29, 0.717) is 24.0 Å². The minimum absolute atomic E-state index is 0.168. The summed E-state index contributed by atoms with van der Waals surface area (Å²) in [6.07, 6.45) is 2.06. The number of carbonyl (C=O) groups excluding carboxylic acids is 1. The number of thioether (sulfide) groups is 1. The molecular formula is C12H20N4OS. The quantitative estimate of drug-likeness (QED) is 0.787. The first kappa shape index (κ1) is 14.8. The van der Waals surface area contributed by atoms with E-state index in [1.165, 1.54) is 0 Å². The predicted octanol–water partition coefficient (Wildman–Crippen LogP) is 1.64. The van der Waals surface area contributed by atoms with Gasteiger partial charge in [-0.3, -0.25) is 4.79 Å². The molecular weight excluding hydrogens is 248 g/mol. The van der Waals surface area contributed by atoms with Gasteiger partial charge in [-0.1, -0.05) is 6.92 Å². The first-order valence-corrected chi connectivity index (χ1v) is 7.41. The van der Waals surface area contributed by atoms with Gasteiger partial charge in [0.15, 0.2) is 5.69 Å². The fourth-order valence-corrected chi connectivity index (χ4v) is 2.12. The maximum absolute atomic E-state index is 11.8. The summed E-state index contributed by atoms with van der Waals surface area (Å²) >= 11 is 1.78. The Morgan fingerprint density at radius 3 is 2.78 bits per heavy atom. The molecule has 100 valence electrons. The van der Waals surface area contributed by atoms with Crippen molar-refractivity contribution in [2.45, 2.75) is 13.8 Å². The molecule has 0 spiro atoms. The molecule has 2 N–H and O–H groups in total. The van der Waals surface area contributed by atoms with Crippen molar-refractivity contribution < 1.29 is 4.79 Å². The predicted molar refractivity (Wildman–Crippen MR) is 76.1 cm³/mol. The van der Waals surface area contributed by atoms with E-state index in [0.717, 1.165) is 12.3 Å². The highest BCUT2D eigenvalue weighted by atomic mass is 32.2. The molecule has 1 heterocycles. The number of carbonyl (C=O) groups is 1. The van der Waals surface area contributed by atoms with Crippen molar-refractivity contribution in [3.05, 3.63) is 17.8 Å². The summed E-state index contributed by atoms with van der Waals surface area (Å²) in [7, 11) is 0. The number of nitrogens with zero attached hydrogens (tertiary/aromatic N) is 2. The van der Waals surface area contributed by atoms with Gasteiger partial charge in [-0.25, -0.2) is 0 Å². The van der Waals surface area contributed by atoms with E-state index in [2.05, 4.69) is 34.0 Å². The van der Waals surface area contributed by atoms with Gasteiger partial charge < -0.3 is 10.6 Å². The van der Waals surface area contributed by atoms with Crippen LogP contribution in [0.3, 0.4) is 0 Å². The van der Waals surface area contributed by atoms with E-state index in [4.69, 9.17) is 0 Å². The van der Waals surface area contributed by atoms with Crippen LogP contribution >= 0.6 is 11.8 Å². The lowest BCUT2D eigenvalue weighted by atomic mass is 10.2. The molecule has 1 amide bonds. The summed E-state index contributed by atoms with van der Waals surface area (Å²) in [4.78, 5) is 11.8. The molecule has 1 rings (SSSR count). The van der Waals surface area contributed by atoms with Gasteiger partial charge in [-0.15, -0.1) is 10.2 Å². The second-order valence-electron chi connectivity index (χ2n) is 4.10. The van der Waals surface area contributed by atoms with Gasteiger partial charge in [-0.05, 0) is 37.0 Å². The first-order chi connectivity index (χ1) is 8.67. The Balaban J connectivity index is 2.46. The fraction of sp³-hybridized carbons (Fsp3) is 0.583. The maximum atomic E-state index is 11.8. The molecule has 5 nitrogen and oxygen atoms in total. The van der Waals surface area contributed by atoms with E-state index in [1.54, 1.807) is 23.9 Å². The normalized spacial score (nSPS) is 11.9. The summed E-state index contributed by atoms with van der Waals surface area (Å²) in [6, 6.07) is 3.44. The molecule has 0 bridgehead atoms. The van der Waals surface area contributed by atoms with Crippen LogP contribution in [0.1, 0.15) is 24.3 Å². The van der Waals surface area contributed by atoms with Crippen molar-refractivity contribution in [2.75, 3.05) is 30.4 Å². The lowest BCUT2D eigenvalue weighted by molar-refractivity contribution is 0.0943. The van der Waals surface area contributed by atoms with Crippen LogP contribution in [0.5, 0.6) is 0 Å². The van der Waals surface area contributed by atoms with Crippen molar-refractivity contribution in [1.29, 1.82) is 0 Å². The van der Waals surface area contributed by atoms with Crippen LogP contribution in [-0.4, -0.2) is 41.2 Å². The molecule has 6 heteroatoms. The molecule has 0 saturated carbocycles. The van der Waals surface area contributed by atoms with Gasteiger partial charge in [0.05, 0.1) is 0 Å². The van der Waals surface area contributed by atoms with Crippen molar-refractivity contribution in [3.8, 4) is 0 Å². The molecule has 0 radical (unpaired) electrons. The lowest BCUT2D eigenvalue weighted by Crippen LogP contribution is -2.29. The fourth-order valence-electron chi connectivity index (χ4n) is 1.43. The molecule has 18 heavy (non-hydrogen) atoms. The third kappa shape index (κ3) is 4.91. The number of amides is 1. The molecule has 0 fully saturated rings. The number of hydrogen-bond acceptors (Lipinski definition) is 5. The number of rotatable bonds is 7. The van der Waals surface area contributed by atoms with E-state index in [9.17, 15) is 4.79 Å². The largest absolute Gasteiger partial charge is 0.369 e. The topological polar surface area (TPSA) is 66.9 Å². The molecule has 1 aromatic heterocycles. The third-order valence-corrected chi connectivity index (χ3v) is 3.22. The summed E-state index contributed by atoms with van der Waals surface area (Å²) in [5.41, 5.74) is 0.355. The SMILES string of the molecule is CCNc1ccc(C(=O)NCC(C)CSC)nn1. The molecule has 1 atom stereocenters. The summed E-state index contributed by atoms with van der Waals surface area (Å²) < 4.78 is 0. The minimum Gasteiger partial charge on any atom is -0.369 e. The summed E-state index contributed by atoms with van der Waals surface area (Å²) in [5.74, 6) is 2.01. The maximum Gasteiger partial charge on any atom is 0.271 e. The highest BCUT2D eigenvalue weighted by Crippen LogP contribution is 2.04. The van der Waals surface area contributed by atoms with Crippen molar-refractivity contribution in [2.24, 2.45) is 5.92 Å². The molecule has 0 aliphatic carbocycles. The Kier molecular flexibility index (Phi) is 6.49. The standard InChI is InChI=1S/C12H20N4OS/c1-4-13-11-6-5-10(15-16-11)12(17)14-7-9(2)8-18-3/h5-6,9H,4,7-8H2,1-3H3,(H,13,16)(H,14,17). The summed E-state index contributed by atoms with van der Waals surface area (Å²) in [6.45, 7) is 5.54. The third-order valence-electron chi connectivity index (χ3n) is 2.32. The second-order valence-corrected chi connectivity index (χ2v) is 5.02. The number of nitrogens with one attached hydrogen (secondary N) is 2. The van der Waals surface area contributed by atoms with Crippen LogP contribution in [0.25, 0.3) is 0 Å². The van der Waals surface area contributed by atoms with Gasteiger partial charge >= 0.3 is 0 Å². The van der Waals surface area contributed by atoms with Crippen molar-refractivity contribution in [1.82, 2.24) is 15.5 Å². The zero-order chi connectivity index (χ0) is 13.4. The van der Waals surface area contributed by atoms with Gasteiger partial charge in [0, 0.05) is 13.1 Å². The molecule has 0 aliphatic heterocycles. The number of hydrogen-bond donors (Lipinski definition) is 2. The van der Waals surface area contributed by atoms with E-state index >= 15 is 0 Å². The molecule has 0 saturated heterocycles. The van der Waals surface area contributed by atoms with Crippen LogP contribution in [-0.2, 0) is 0 Å².